The average Bonchev–Trinajstić information content (AvgIpc) is 2.60. The Labute approximate surface area is 143 Å². The van der Waals surface area contributed by atoms with Crippen molar-refractivity contribution in [1.29, 1.82) is 0 Å². The molecule has 1 heterocycles. The van der Waals surface area contributed by atoms with Crippen LogP contribution in [0.2, 0.25) is 0 Å². The Morgan fingerprint density at radius 3 is 2.68 bits per heavy atom. The van der Waals surface area contributed by atoms with Crippen LogP contribution in [0.25, 0.3) is 23.1 Å². The topological polar surface area (TPSA) is 78.6 Å². The fraction of sp³-hybridized carbons (Fsp3) is 0.105. The van der Waals surface area contributed by atoms with Gasteiger partial charge in [-0.3, -0.25) is 4.79 Å². The number of rotatable bonds is 4. The monoisotopic (exact) mass is 337 g/mol. The minimum atomic E-state index is -0.444. The molecule has 0 spiro atoms. The van der Waals surface area contributed by atoms with E-state index in [1.807, 2.05) is 0 Å². The van der Waals surface area contributed by atoms with Gasteiger partial charge in [0.15, 0.2) is 11.5 Å². The molecule has 3 rings (SSSR count). The van der Waals surface area contributed by atoms with Crippen molar-refractivity contribution >= 4 is 29.0 Å². The summed E-state index contributed by atoms with van der Waals surface area (Å²) >= 11 is 0. The van der Waals surface area contributed by atoms with Gasteiger partial charge in [-0.05, 0) is 35.9 Å². The van der Waals surface area contributed by atoms with Crippen molar-refractivity contribution in [1.82, 2.24) is 4.98 Å². The molecular formula is C19H15NO5. The lowest BCUT2D eigenvalue weighted by molar-refractivity contribution is -0.132. The minimum Gasteiger partial charge on any atom is -0.493 e. The Morgan fingerprint density at radius 1 is 1.12 bits per heavy atom. The number of esters is 1. The number of para-hydroxylation sites is 1. The molecule has 0 atom stereocenters. The predicted molar refractivity (Wildman–Crippen MR) is 93.5 cm³/mol. The van der Waals surface area contributed by atoms with Gasteiger partial charge < -0.3 is 13.9 Å². The summed E-state index contributed by atoms with van der Waals surface area (Å²) in [6.07, 6.45) is 3.28. The van der Waals surface area contributed by atoms with Crippen molar-refractivity contribution < 1.29 is 18.7 Å². The summed E-state index contributed by atoms with van der Waals surface area (Å²) in [5.41, 5.74) is 0.851. The molecule has 0 aliphatic rings. The lowest BCUT2D eigenvalue weighted by atomic mass is 10.2. The van der Waals surface area contributed by atoms with Crippen molar-refractivity contribution in [2.75, 3.05) is 7.11 Å². The number of carbonyl (C=O) groups excluding carboxylic acids is 1. The molecule has 126 valence electrons. The van der Waals surface area contributed by atoms with Crippen molar-refractivity contribution in [2.45, 2.75) is 6.92 Å². The number of methoxy groups -OCH3 is 1. The van der Waals surface area contributed by atoms with Gasteiger partial charge in [0, 0.05) is 13.0 Å². The van der Waals surface area contributed by atoms with Crippen LogP contribution < -0.4 is 15.1 Å². The molecule has 0 N–H and O–H groups in total. The highest BCUT2D eigenvalue weighted by Gasteiger charge is 2.08. The van der Waals surface area contributed by atoms with E-state index in [0.29, 0.717) is 22.4 Å². The summed E-state index contributed by atoms with van der Waals surface area (Å²) in [5.74, 6) is 0.503. The number of hydrogen-bond acceptors (Lipinski definition) is 6. The summed E-state index contributed by atoms with van der Waals surface area (Å²) in [7, 11) is 1.49. The van der Waals surface area contributed by atoms with Gasteiger partial charge in [-0.2, -0.15) is 0 Å². The van der Waals surface area contributed by atoms with Crippen molar-refractivity contribution in [2.24, 2.45) is 0 Å². The molecule has 0 aliphatic carbocycles. The zero-order valence-corrected chi connectivity index (χ0v) is 13.7. The normalized spacial score (nSPS) is 11.0. The van der Waals surface area contributed by atoms with Crippen LogP contribution in [0.4, 0.5) is 0 Å². The Hall–Kier alpha value is -3.41. The first kappa shape index (κ1) is 16.4. The van der Waals surface area contributed by atoms with Crippen molar-refractivity contribution in [3.05, 3.63) is 64.3 Å². The molecule has 2 aromatic carbocycles. The zero-order chi connectivity index (χ0) is 17.8. The molecule has 0 bridgehead atoms. The Kier molecular flexibility index (Phi) is 4.61. The highest BCUT2D eigenvalue weighted by molar-refractivity contribution is 5.78. The van der Waals surface area contributed by atoms with Gasteiger partial charge in [0.25, 0.3) is 0 Å². The van der Waals surface area contributed by atoms with E-state index >= 15 is 0 Å². The molecule has 25 heavy (non-hydrogen) atoms. The number of aromatic nitrogens is 1. The highest BCUT2D eigenvalue weighted by Crippen LogP contribution is 2.29. The van der Waals surface area contributed by atoms with Crippen molar-refractivity contribution in [3.63, 3.8) is 0 Å². The summed E-state index contributed by atoms with van der Waals surface area (Å²) in [5, 5.41) is 0.432. The second-order valence-corrected chi connectivity index (χ2v) is 5.19. The quantitative estimate of drug-likeness (QED) is 0.537. The Balaban J connectivity index is 1.94. The summed E-state index contributed by atoms with van der Waals surface area (Å²) in [6.45, 7) is 1.32. The minimum absolute atomic E-state index is 0.188. The molecule has 0 aliphatic heterocycles. The van der Waals surface area contributed by atoms with Crippen LogP contribution in [0.15, 0.2) is 51.7 Å². The van der Waals surface area contributed by atoms with Gasteiger partial charge in [0.2, 0.25) is 5.89 Å². The van der Waals surface area contributed by atoms with E-state index in [-0.39, 0.29) is 5.89 Å². The molecule has 0 unspecified atom stereocenters. The Bertz CT molecular complexity index is 1020. The first-order valence-electron chi connectivity index (χ1n) is 7.51. The van der Waals surface area contributed by atoms with E-state index in [0.717, 1.165) is 5.56 Å². The van der Waals surface area contributed by atoms with Crippen LogP contribution >= 0.6 is 0 Å². The molecule has 0 radical (unpaired) electrons. The van der Waals surface area contributed by atoms with Gasteiger partial charge in [-0.1, -0.05) is 18.2 Å². The second kappa shape index (κ2) is 7.00. The molecule has 6 heteroatoms. The molecular weight excluding hydrogens is 322 g/mol. The van der Waals surface area contributed by atoms with Gasteiger partial charge in [0.05, 0.1) is 18.0 Å². The van der Waals surface area contributed by atoms with Crippen molar-refractivity contribution in [3.8, 4) is 11.5 Å². The van der Waals surface area contributed by atoms with Crippen LogP contribution in [0, 0.1) is 0 Å². The lowest BCUT2D eigenvalue weighted by Gasteiger charge is -2.08. The highest BCUT2D eigenvalue weighted by atomic mass is 16.6. The number of nitrogens with zero attached hydrogens (tertiary/aromatic N) is 1. The maximum absolute atomic E-state index is 12.0. The molecule has 0 saturated carbocycles. The van der Waals surface area contributed by atoms with Crippen LogP contribution in [-0.2, 0) is 4.79 Å². The molecule has 3 aromatic rings. The maximum Gasteiger partial charge on any atom is 0.347 e. The fourth-order valence-electron chi connectivity index (χ4n) is 2.31. The number of fused-ring (bicyclic) bond motifs is 1. The number of ether oxygens (including phenoxy) is 2. The van der Waals surface area contributed by atoms with E-state index < -0.39 is 11.6 Å². The van der Waals surface area contributed by atoms with Crippen LogP contribution in [0.1, 0.15) is 18.4 Å². The molecule has 1 aromatic heterocycles. The van der Waals surface area contributed by atoms with Gasteiger partial charge in [-0.15, -0.1) is 0 Å². The van der Waals surface area contributed by atoms with E-state index in [9.17, 15) is 9.59 Å². The molecule has 0 fully saturated rings. The summed E-state index contributed by atoms with van der Waals surface area (Å²) in [6, 6.07) is 12.1. The van der Waals surface area contributed by atoms with E-state index in [2.05, 4.69) is 4.98 Å². The van der Waals surface area contributed by atoms with E-state index in [1.165, 1.54) is 14.0 Å². The molecule has 0 saturated heterocycles. The van der Waals surface area contributed by atoms with Gasteiger partial charge >= 0.3 is 11.6 Å². The summed E-state index contributed by atoms with van der Waals surface area (Å²) < 4.78 is 15.5. The number of benzene rings is 2. The van der Waals surface area contributed by atoms with E-state index in [4.69, 9.17) is 13.9 Å². The standard InChI is InChI=1S/C19H15NO5/c1-12(21)24-17-11-13(7-9-16(17)23-2)8-10-18-20-15-6-4-3-5-14(15)19(22)25-18/h3-11H,1-2H3/b10-8+. The lowest BCUT2D eigenvalue weighted by Crippen LogP contribution is -2.03. The van der Waals surface area contributed by atoms with Crippen LogP contribution in [0.3, 0.4) is 0 Å². The fourth-order valence-corrected chi connectivity index (χ4v) is 2.31. The predicted octanol–water partition coefficient (Wildman–Crippen LogP) is 3.29. The number of carbonyl (C=O) groups is 1. The third kappa shape index (κ3) is 3.74. The average molecular weight is 337 g/mol. The SMILES string of the molecule is COc1ccc(/C=C/c2nc3ccccc3c(=O)o2)cc1OC(C)=O. The Morgan fingerprint density at radius 2 is 1.92 bits per heavy atom. The smallest absolute Gasteiger partial charge is 0.347 e. The largest absolute Gasteiger partial charge is 0.493 e. The zero-order valence-electron chi connectivity index (χ0n) is 13.7. The van der Waals surface area contributed by atoms with Crippen LogP contribution in [-0.4, -0.2) is 18.1 Å². The maximum atomic E-state index is 12.0. The summed E-state index contributed by atoms with van der Waals surface area (Å²) in [4.78, 5) is 27.4. The first-order valence-corrected chi connectivity index (χ1v) is 7.51. The first-order chi connectivity index (χ1) is 12.1. The molecule has 6 nitrogen and oxygen atoms in total. The van der Waals surface area contributed by atoms with E-state index in [1.54, 1.807) is 54.6 Å². The van der Waals surface area contributed by atoms with Crippen LogP contribution in [0.5, 0.6) is 11.5 Å². The second-order valence-electron chi connectivity index (χ2n) is 5.19. The third-order valence-electron chi connectivity index (χ3n) is 3.41. The number of hydrogen-bond donors (Lipinski definition) is 0. The third-order valence-corrected chi connectivity index (χ3v) is 3.41. The molecule has 0 amide bonds. The van der Waals surface area contributed by atoms with Gasteiger partial charge in [0.1, 0.15) is 0 Å². The van der Waals surface area contributed by atoms with Gasteiger partial charge in [-0.25, -0.2) is 9.78 Å².